The van der Waals surface area contributed by atoms with Crippen molar-refractivity contribution in [3.05, 3.63) is 111 Å². The van der Waals surface area contributed by atoms with Crippen LogP contribution in [0, 0.1) is 17.1 Å². The Morgan fingerprint density at radius 1 is 1.00 bits per heavy atom. The lowest BCUT2D eigenvalue weighted by Gasteiger charge is -2.23. The van der Waals surface area contributed by atoms with Gasteiger partial charge >= 0.3 is 0 Å². The summed E-state index contributed by atoms with van der Waals surface area (Å²) < 4.78 is 15.0. The van der Waals surface area contributed by atoms with Gasteiger partial charge in [0.15, 0.2) is 0 Å². The maximum atomic E-state index is 13.8. The number of amides is 1. The second-order valence-corrected chi connectivity index (χ2v) is 7.79. The van der Waals surface area contributed by atoms with Gasteiger partial charge in [-0.05, 0) is 41.5 Å². The third-order valence-electron chi connectivity index (χ3n) is 5.42. The van der Waals surface area contributed by atoms with Crippen molar-refractivity contribution < 1.29 is 9.18 Å². The summed E-state index contributed by atoms with van der Waals surface area (Å²) in [5.41, 5.74) is 2.31. The van der Waals surface area contributed by atoms with Crippen LogP contribution in [0.25, 0.3) is 10.8 Å². The predicted octanol–water partition coefficient (Wildman–Crippen LogP) is 3.72. The number of nitrogens with zero attached hydrogens (tertiary/aromatic N) is 4. The summed E-state index contributed by atoms with van der Waals surface area (Å²) in [5.74, 6) is -0.580. The molecule has 0 aliphatic carbocycles. The highest BCUT2D eigenvalue weighted by Gasteiger charge is 2.19. The predicted molar refractivity (Wildman–Crippen MR) is 122 cm³/mol. The summed E-state index contributed by atoms with van der Waals surface area (Å²) in [5, 5.41) is 14.5. The summed E-state index contributed by atoms with van der Waals surface area (Å²) in [6, 6.07) is 22.3. The van der Waals surface area contributed by atoms with Gasteiger partial charge in [0.1, 0.15) is 5.82 Å². The standard InChI is InChI=1S/C26H21FN4O2/c1-30-26(33)23-8-3-2-7-22(23)24(29-30)14-25(32)31(17-20-5-4-6-21(27)13-20)16-19-11-9-18(15-28)10-12-19/h2-13H,14,16-17H2,1H3. The van der Waals surface area contributed by atoms with E-state index in [1.54, 1.807) is 72.6 Å². The van der Waals surface area contributed by atoms with Gasteiger partial charge in [-0.3, -0.25) is 9.59 Å². The van der Waals surface area contributed by atoms with Crippen LogP contribution < -0.4 is 5.56 Å². The lowest BCUT2D eigenvalue weighted by atomic mass is 10.1. The Morgan fingerprint density at radius 3 is 2.39 bits per heavy atom. The summed E-state index contributed by atoms with van der Waals surface area (Å²) >= 11 is 0. The van der Waals surface area contributed by atoms with Gasteiger partial charge in [-0.1, -0.05) is 42.5 Å². The molecular formula is C26H21FN4O2. The van der Waals surface area contributed by atoms with Crippen LogP contribution >= 0.6 is 0 Å². The van der Waals surface area contributed by atoms with Crippen LogP contribution in [0.3, 0.4) is 0 Å². The molecular weight excluding hydrogens is 419 g/mol. The fraction of sp³-hybridized carbons (Fsp3) is 0.154. The number of fused-ring (bicyclic) bond motifs is 1. The monoisotopic (exact) mass is 440 g/mol. The van der Waals surface area contributed by atoms with Crippen molar-refractivity contribution in [1.82, 2.24) is 14.7 Å². The van der Waals surface area contributed by atoms with Crippen molar-refractivity contribution in [3.8, 4) is 6.07 Å². The number of nitriles is 1. The minimum Gasteiger partial charge on any atom is -0.334 e. The van der Waals surface area contributed by atoms with Crippen molar-refractivity contribution in [2.45, 2.75) is 19.5 Å². The topological polar surface area (TPSA) is 79.0 Å². The van der Waals surface area contributed by atoms with Crippen molar-refractivity contribution in [2.75, 3.05) is 0 Å². The molecule has 0 radical (unpaired) electrons. The molecule has 0 saturated heterocycles. The van der Waals surface area contributed by atoms with Crippen molar-refractivity contribution in [2.24, 2.45) is 7.05 Å². The Kier molecular flexibility index (Phi) is 6.27. The Hall–Kier alpha value is -4.31. The van der Waals surface area contributed by atoms with E-state index in [2.05, 4.69) is 11.2 Å². The van der Waals surface area contributed by atoms with Crippen LogP contribution in [0.15, 0.2) is 77.6 Å². The molecule has 0 saturated carbocycles. The van der Waals surface area contributed by atoms with Gasteiger partial charge in [0.25, 0.3) is 5.56 Å². The molecule has 0 aliphatic heterocycles. The smallest absolute Gasteiger partial charge is 0.274 e. The summed E-state index contributed by atoms with van der Waals surface area (Å²) in [7, 11) is 1.56. The molecule has 0 N–H and O–H groups in total. The first-order valence-corrected chi connectivity index (χ1v) is 10.4. The Morgan fingerprint density at radius 2 is 1.70 bits per heavy atom. The molecule has 0 unspecified atom stereocenters. The summed E-state index contributed by atoms with van der Waals surface area (Å²) in [4.78, 5) is 27.5. The second-order valence-electron chi connectivity index (χ2n) is 7.79. The van der Waals surface area contributed by atoms with Crippen LogP contribution in [0.1, 0.15) is 22.4 Å². The van der Waals surface area contributed by atoms with Crippen molar-refractivity contribution in [1.29, 1.82) is 5.26 Å². The Labute approximate surface area is 190 Å². The molecule has 3 aromatic carbocycles. The van der Waals surface area contributed by atoms with E-state index in [9.17, 15) is 14.0 Å². The second kappa shape index (κ2) is 9.45. The van der Waals surface area contributed by atoms with Crippen LogP contribution in [-0.2, 0) is 31.4 Å². The molecule has 164 valence electrons. The normalized spacial score (nSPS) is 10.7. The van der Waals surface area contributed by atoms with E-state index in [1.807, 2.05) is 0 Å². The van der Waals surface area contributed by atoms with E-state index in [0.717, 1.165) is 5.56 Å². The van der Waals surface area contributed by atoms with Gasteiger partial charge in [-0.25, -0.2) is 9.07 Å². The fourth-order valence-corrected chi connectivity index (χ4v) is 3.75. The number of carbonyl (C=O) groups excluding carboxylic acids is 1. The first kappa shape index (κ1) is 21.9. The van der Waals surface area contributed by atoms with E-state index in [1.165, 1.54) is 16.8 Å². The Bertz CT molecular complexity index is 1420. The molecule has 4 aromatic rings. The number of rotatable bonds is 6. The maximum Gasteiger partial charge on any atom is 0.274 e. The molecule has 0 spiro atoms. The largest absolute Gasteiger partial charge is 0.334 e. The average Bonchev–Trinajstić information content (AvgIpc) is 2.82. The summed E-state index contributed by atoms with van der Waals surface area (Å²) in [6.45, 7) is 0.491. The van der Waals surface area contributed by atoms with E-state index < -0.39 is 0 Å². The highest BCUT2D eigenvalue weighted by Crippen LogP contribution is 2.17. The molecule has 1 heterocycles. The molecule has 0 atom stereocenters. The third kappa shape index (κ3) is 4.96. The molecule has 4 rings (SSSR count). The highest BCUT2D eigenvalue weighted by atomic mass is 19.1. The Balaban J connectivity index is 1.66. The number of aromatic nitrogens is 2. The van der Waals surface area contributed by atoms with Gasteiger partial charge in [-0.2, -0.15) is 10.4 Å². The number of halogens is 1. The van der Waals surface area contributed by atoms with Crippen LogP contribution in [0.2, 0.25) is 0 Å². The zero-order chi connectivity index (χ0) is 23.4. The number of hydrogen-bond acceptors (Lipinski definition) is 4. The number of hydrogen-bond donors (Lipinski definition) is 0. The van der Waals surface area contributed by atoms with E-state index in [0.29, 0.717) is 27.6 Å². The zero-order valence-corrected chi connectivity index (χ0v) is 18.0. The van der Waals surface area contributed by atoms with Gasteiger partial charge < -0.3 is 4.90 Å². The number of benzene rings is 3. The average molecular weight is 440 g/mol. The molecule has 1 aromatic heterocycles. The molecule has 0 fully saturated rings. The first-order valence-electron chi connectivity index (χ1n) is 10.4. The van der Waals surface area contributed by atoms with E-state index in [4.69, 9.17) is 5.26 Å². The van der Waals surface area contributed by atoms with Crippen LogP contribution in [-0.4, -0.2) is 20.6 Å². The number of carbonyl (C=O) groups is 1. The molecule has 33 heavy (non-hydrogen) atoms. The van der Waals surface area contributed by atoms with Gasteiger partial charge in [0, 0.05) is 25.5 Å². The van der Waals surface area contributed by atoms with Gasteiger partial charge in [0.05, 0.1) is 29.1 Å². The maximum absolute atomic E-state index is 13.8. The first-order chi connectivity index (χ1) is 15.9. The van der Waals surface area contributed by atoms with Crippen molar-refractivity contribution in [3.63, 3.8) is 0 Å². The quantitative estimate of drug-likeness (QED) is 0.458. The van der Waals surface area contributed by atoms with E-state index >= 15 is 0 Å². The van der Waals surface area contributed by atoms with Gasteiger partial charge in [-0.15, -0.1) is 0 Å². The lowest BCUT2D eigenvalue weighted by Crippen LogP contribution is -2.32. The minimum atomic E-state index is -0.371. The molecule has 0 aliphatic rings. The lowest BCUT2D eigenvalue weighted by molar-refractivity contribution is -0.131. The molecule has 1 amide bonds. The van der Waals surface area contributed by atoms with E-state index in [-0.39, 0.29) is 36.8 Å². The molecule has 7 heteroatoms. The van der Waals surface area contributed by atoms with Crippen LogP contribution in [0.4, 0.5) is 4.39 Å². The third-order valence-corrected chi connectivity index (χ3v) is 5.42. The highest BCUT2D eigenvalue weighted by molar-refractivity contribution is 5.88. The zero-order valence-electron chi connectivity index (χ0n) is 18.0. The SMILES string of the molecule is Cn1nc(CC(=O)N(Cc2ccc(C#N)cc2)Cc2cccc(F)c2)c2ccccc2c1=O. The summed E-state index contributed by atoms with van der Waals surface area (Å²) in [6.07, 6.45) is -0.0137. The minimum absolute atomic E-state index is 0.0137. The molecule has 6 nitrogen and oxygen atoms in total. The van der Waals surface area contributed by atoms with Crippen LogP contribution in [0.5, 0.6) is 0 Å². The fourth-order valence-electron chi connectivity index (χ4n) is 3.75. The van der Waals surface area contributed by atoms with Crippen molar-refractivity contribution >= 4 is 16.7 Å². The number of aryl methyl sites for hydroxylation is 1. The molecule has 0 bridgehead atoms. The van der Waals surface area contributed by atoms with Gasteiger partial charge in [0.2, 0.25) is 5.91 Å².